The molecule has 12 unspecified atom stereocenters. The number of aliphatic hydroxyl groups excluding tert-OH is 3. The number of phenols is 5. The molecule has 8 amide bonds. The number of halogens is 2. The lowest BCUT2D eigenvalue weighted by molar-refractivity contribution is -0.235. The maximum Gasteiger partial charge on any atom is 0.252 e. The summed E-state index contributed by atoms with van der Waals surface area (Å²) in [7, 11) is 8.83. The van der Waals surface area contributed by atoms with E-state index in [0.29, 0.717) is 69.8 Å². The summed E-state index contributed by atoms with van der Waals surface area (Å²) in [4.78, 5) is 135. The fraction of sp³-hybridized carbons (Fsp3) is 0.346. The Hall–Kier alpha value is -13.7. The van der Waals surface area contributed by atoms with Crippen molar-refractivity contribution in [3.8, 4) is 91.2 Å². The molecule has 18 rings (SSSR count). The third-order valence-electron chi connectivity index (χ3n) is 26.0. The summed E-state index contributed by atoms with van der Waals surface area (Å²) >= 11 is 14.6. The molecule has 37 heteroatoms. The van der Waals surface area contributed by atoms with Crippen LogP contribution in [0, 0.1) is 0 Å². The number of piperazine rings is 1. The molecule has 13 atom stereocenters. The van der Waals surface area contributed by atoms with Crippen LogP contribution in [0.5, 0.6) is 69.0 Å². The lowest BCUT2D eigenvalue weighted by Gasteiger charge is -2.42. The van der Waals surface area contributed by atoms with Gasteiger partial charge in [0.05, 0.1) is 21.7 Å². The summed E-state index contributed by atoms with van der Waals surface area (Å²) in [5.74, 6) is -14.4. The minimum absolute atomic E-state index is 0.00273. The number of carbonyl (C=O) groups is 8. The van der Waals surface area contributed by atoms with E-state index in [2.05, 4.69) is 89.3 Å². The molecule has 740 valence electrons. The van der Waals surface area contributed by atoms with Crippen LogP contribution in [-0.2, 0) is 75.6 Å². The number of aromatic hydroxyl groups is 5. The van der Waals surface area contributed by atoms with Crippen molar-refractivity contribution >= 4 is 70.5 Å². The first-order chi connectivity index (χ1) is 67.8. The van der Waals surface area contributed by atoms with Gasteiger partial charge in [0, 0.05) is 88.1 Å². The fourth-order valence-electron chi connectivity index (χ4n) is 18.2. The number of rotatable bonds is 24. The Bertz CT molecular complexity index is 6300. The van der Waals surface area contributed by atoms with Gasteiger partial charge in [-0.1, -0.05) is 146 Å². The normalized spacial score (nSPS) is 22.2. The third-order valence-corrected chi connectivity index (χ3v) is 26.7. The zero-order valence-electron chi connectivity index (χ0n) is 78.4. The summed E-state index contributed by atoms with van der Waals surface area (Å²) in [5, 5.41) is 127. The number of benzene rings is 10. The van der Waals surface area contributed by atoms with Gasteiger partial charge in [-0.15, -0.1) is 0 Å². The minimum Gasteiger partial charge on any atom is -0.507 e. The standard InChI is InChI=1S/C104H114Cl2N14O21/c1-7-8-14-55-17-19-57(20-18-55)52-110-89-92(127)93(128)95(103(136)109-36-13-38-118(5)6)141-104(89)140-94-79-47-64-48-80(94)139-77-34-29-63(45-71(77)105)90(125)88-102(135)115-86(97(130)108-35-12-37-117(3)4)68-51-75(123)70(54-120-41-39-119(40-42-120)53-58-21-25-60(26-22-58)59-15-10-9-11-16-59)91(126)81(68)67-44-61(27-32-73(67)121)84(99(132)116-88)112-100(133)85(64)113-101(134)87-69-49-66(50-76(124)82(69)106)138-78-46-62(28-33-74(78)122)83(107-2)98(131)111-72(96(129)114-87)43-56-23-30-65(137-79)31-24-56/h9-11,15-34,44-51,72,83-90,92-93,95,104,107,110,121-128H,7-8,12-14,35-43,52-54H2,1-6H3,(H,108,130)(H,109,136)(H,111,131)(H,112,133)(H,113,134)(H,114,129)(H,115,135)(H,116,132)/t72?,83?,84?,85?,86-,87?,88?,89?,90?,92?,93?,95?,104?/m1/s1. The molecule has 8 heterocycles. The van der Waals surface area contributed by atoms with Gasteiger partial charge in [-0.25, -0.2) is 0 Å². The summed E-state index contributed by atoms with van der Waals surface area (Å²) in [6.45, 7) is 5.61. The van der Waals surface area contributed by atoms with Crippen molar-refractivity contribution in [2.24, 2.45) is 0 Å². The molecule has 18 N–H and O–H groups in total. The summed E-state index contributed by atoms with van der Waals surface area (Å²) in [6, 6.07) is 33.7. The van der Waals surface area contributed by atoms with Gasteiger partial charge < -0.3 is 128 Å². The van der Waals surface area contributed by atoms with Gasteiger partial charge in [-0.3, -0.25) is 48.2 Å². The Labute approximate surface area is 823 Å². The van der Waals surface area contributed by atoms with Crippen molar-refractivity contribution in [3.63, 3.8) is 0 Å². The highest BCUT2D eigenvalue weighted by Gasteiger charge is 2.50. The molecule has 8 aliphatic heterocycles. The number of hydrogen-bond donors (Lipinski definition) is 18. The number of nitrogens with one attached hydrogen (secondary N) is 10. The molecule has 0 aromatic heterocycles. The Morgan fingerprint density at radius 1 is 0.511 bits per heavy atom. The Morgan fingerprint density at radius 2 is 1.11 bits per heavy atom. The minimum atomic E-state index is -2.34. The predicted molar refractivity (Wildman–Crippen MR) is 522 cm³/mol. The van der Waals surface area contributed by atoms with E-state index in [1.54, 1.807) is 12.1 Å². The van der Waals surface area contributed by atoms with Gasteiger partial charge in [-0.05, 0) is 208 Å². The van der Waals surface area contributed by atoms with Crippen molar-refractivity contribution in [1.82, 2.24) is 72.8 Å². The van der Waals surface area contributed by atoms with E-state index in [-0.39, 0.29) is 105 Å². The number of carbonyl (C=O) groups excluding carboxylic acids is 8. The largest absolute Gasteiger partial charge is 0.507 e. The lowest BCUT2D eigenvalue weighted by atomic mass is 9.87. The average molecular weight is 1970 g/mol. The molecule has 8 aliphatic rings. The lowest BCUT2D eigenvalue weighted by Crippen LogP contribution is -2.66. The number of ether oxygens (including phenoxy) is 5. The molecule has 0 saturated carbocycles. The smallest absolute Gasteiger partial charge is 0.252 e. The highest BCUT2D eigenvalue weighted by Crippen LogP contribution is 2.51. The predicted octanol–water partition coefficient (Wildman–Crippen LogP) is 8.90. The van der Waals surface area contributed by atoms with Crippen molar-refractivity contribution in [1.29, 1.82) is 0 Å². The molecule has 0 spiro atoms. The van der Waals surface area contributed by atoms with Gasteiger partial charge in [0.1, 0.15) is 101 Å². The quantitative estimate of drug-likeness (QED) is 0.0251. The van der Waals surface area contributed by atoms with Crippen LogP contribution in [0.15, 0.2) is 188 Å². The number of amides is 8. The van der Waals surface area contributed by atoms with E-state index in [1.807, 2.05) is 97.5 Å². The van der Waals surface area contributed by atoms with Gasteiger partial charge >= 0.3 is 0 Å². The number of aryl methyl sites for hydroxylation is 1. The van der Waals surface area contributed by atoms with E-state index in [4.69, 9.17) is 46.9 Å². The fourth-order valence-corrected chi connectivity index (χ4v) is 18.7. The summed E-state index contributed by atoms with van der Waals surface area (Å²) < 4.78 is 34.0. The van der Waals surface area contributed by atoms with Gasteiger partial charge in [-0.2, -0.15) is 0 Å². The number of fused-ring (bicyclic) bond motifs is 14. The number of unbranched alkanes of at least 4 members (excludes halogenated alkanes) is 1. The second-order valence-corrected chi connectivity index (χ2v) is 37.4. The molecule has 0 radical (unpaired) electrons. The van der Waals surface area contributed by atoms with Gasteiger partial charge in [0.25, 0.3) is 5.91 Å². The number of phenolic OH excluding ortho intramolecular Hbond substituents is 5. The molecular weight excluding hydrogens is 1850 g/mol. The first kappa shape index (κ1) is 100. The Morgan fingerprint density at radius 3 is 1.79 bits per heavy atom. The van der Waals surface area contributed by atoms with Crippen LogP contribution in [0.3, 0.4) is 0 Å². The van der Waals surface area contributed by atoms with Crippen LogP contribution < -0.4 is 72.1 Å². The molecule has 35 nitrogen and oxygen atoms in total. The molecule has 17 bridgehead atoms. The van der Waals surface area contributed by atoms with Crippen molar-refractivity contribution < 1.29 is 103 Å². The monoisotopic (exact) mass is 1960 g/mol. The van der Waals surface area contributed by atoms with Crippen molar-refractivity contribution in [2.75, 3.05) is 87.6 Å². The third kappa shape index (κ3) is 23.2. The van der Waals surface area contributed by atoms with E-state index in [1.165, 1.54) is 85.9 Å². The maximum atomic E-state index is 17.1. The Balaban J connectivity index is 0.878. The van der Waals surface area contributed by atoms with Gasteiger partial charge in [0.15, 0.2) is 29.1 Å². The molecule has 10 aromatic carbocycles. The van der Waals surface area contributed by atoms with E-state index < -0.39 is 183 Å². The van der Waals surface area contributed by atoms with Crippen LogP contribution >= 0.6 is 23.2 Å². The molecule has 10 aromatic rings. The molecule has 2 fully saturated rings. The first-order valence-corrected chi connectivity index (χ1v) is 47.6. The SMILES string of the molecule is CCCCc1ccc(CNC2C(Oc3c4cc5cc3Oc3ccc(cc3Cl)C(O)C3NC(=O)C(NC(=O)C5NC(=O)C5NC(=O)C(Cc6ccc(cc6)O4)NC(=O)C(NC)c4ccc(O)c(c4)Oc4cc(O)c(Cl)c5c4)c4ccc(O)c(c4)-c4c(cc(O)c(CN5CCN(Cc6ccc(-c7ccccc7)cc6)CC5)c4O)[C@H](C(=O)NCCCN(C)C)NC3=O)OC(C(=O)NCCCN(C)C)C(O)C2O)cc1. The van der Waals surface area contributed by atoms with E-state index >= 15 is 28.8 Å². The molecular formula is C104H114Cl2N14O21. The van der Waals surface area contributed by atoms with Crippen LogP contribution in [0.2, 0.25) is 10.0 Å². The van der Waals surface area contributed by atoms with Crippen molar-refractivity contribution in [3.05, 3.63) is 259 Å². The number of aliphatic hydroxyl groups is 3. The van der Waals surface area contributed by atoms with Crippen LogP contribution in [0.4, 0.5) is 0 Å². The average Bonchev–Trinajstić information content (AvgIpc) is 0.751. The second kappa shape index (κ2) is 44.4. The van der Waals surface area contributed by atoms with E-state index in [9.17, 15) is 50.4 Å². The molecule has 141 heavy (non-hydrogen) atoms. The van der Waals surface area contributed by atoms with Crippen molar-refractivity contribution in [2.45, 2.75) is 144 Å². The van der Waals surface area contributed by atoms with Crippen LogP contribution in [0.25, 0.3) is 22.3 Å². The number of nitrogens with zero attached hydrogens (tertiary/aromatic N) is 4. The van der Waals surface area contributed by atoms with E-state index in [0.717, 1.165) is 59.7 Å². The maximum absolute atomic E-state index is 17.1. The zero-order valence-corrected chi connectivity index (χ0v) is 79.9. The highest BCUT2D eigenvalue weighted by molar-refractivity contribution is 6.33. The topological polar surface area (TPSA) is 478 Å². The number of likely N-dealkylation sites (N-methyl/N-ethyl adjacent to an activating group) is 1. The Kier molecular flexibility index (Phi) is 31.6. The summed E-state index contributed by atoms with van der Waals surface area (Å²) in [5.41, 5.74) is 3.20. The van der Waals surface area contributed by atoms with Crippen LogP contribution in [-0.4, -0.2) is 238 Å². The highest BCUT2D eigenvalue weighted by atomic mass is 35.5. The zero-order chi connectivity index (χ0) is 99.7. The van der Waals surface area contributed by atoms with Crippen LogP contribution in [0.1, 0.15) is 130 Å². The van der Waals surface area contributed by atoms with Gasteiger partial charge in [0.2, 0.25) is 53.4 Å². The summed E-state index contributed by atoms with van der Waals surface area (Å²) in [6.07, 6.45) is -6.63. The second-order valence-electron chi connectivity index (χ2n) is 36.6. The molecule has 2 saturated heterocycles. The number of hydrogen-bond acceptors (Lipinski definition) is 27. The first-order valence-electron chi connectivity index (χ1n) is 46.8. The molecule has 0 aliphatic carbocycles.